The molecule has 162 valence electrons. The van der Waals surface area contributed by atoms with Crippen molar-refractivity contribution in [1.29, 1.82) is 0 Å². The third kappa shape index (κ3) is 5.60. The maximum atomic E-state index is 12.4. The van der Waals surface area contributed by atoms with Crippen LogP contribution >= 0.6 is 11.8 Å². The largest absolute Gasteiger partial charge is 0.483 e. The fraction of sp³-hybridized carbons (Fsp3) is 0.286. The minimum atomic E-state index is -0.466. The molecule has 9 nitrogen and oxygen atoms in total. The van der Waals surface area contributed by atoms with Crippen molar-refractivity contribution < 1.29 is 14.5 Å². The topological polar surface area (TPSA) is 112 Å². The average molecular weight is 442 g/mol. The zero-order chi connectivity index (χ0) is 22.4. The number of carbonyl (C=O) groups is 1. The SMILES string of the molecule is CCn1c(SCC(=O)Nc2ccc([N+](=O)[O-])cc2C)nnc1[C@@H](C)Oc1ccccc1. The summed E-state index contributed by atoms with van der Waals surface area (Å²) in [6, 6.07) is 13.8. The zero-order valence-electron chi connectivity index (χ0n) is 17.4. The van der Waals surface area contributed by atoms with Crippen LogP contribution < -0.4 is 10.1 Å². The number of ether oxygens (including phenoxy) is 1. The fourth-order valence-electron chi connectivity index (χ4n) is 2.98. The van der Waals surface area contributed by atoms with Crippen molar-refractivity contribution in [2.24, 2.45) is 0 Å². The number of aromatic nitrogens is 3. The number of amides is 1. The first-order valence-corrected chi connectivity index (χ1v) is 10.7. The second-order valence-corrected chi connectivity index (χ2v) is 7.69. The van der Waals surface area contributed by atoms with E-state index in [-0.39, 0.29) is 23.5 Å². The number of hydrogen-bond acceptors (Lipinski definition) is 7. The number of hydrogen-bond donors (Lipinski definition) is 1. The van der Waals surface area contributed by atoms with Crippen LogP contribution in [-0.2, 0) is 11.3 Å². The predicted molar refractivity (Wildman–Crippen MR) is 118 cm³/mol. The molecule has 1 aromatic heterocycles. The first kappa shape index (κ1) is 22.3. The Kier molecular flexibility index (Phi) is 7.24. The van der Waals surface area contributed by atoms with Crippen LogP contribution in [0.15, 0.2) is 53.7 Å². The molecular formula is C21H23N5O4S. The van der Waals surface area contributed by atoms with Gasteiger partial charge in [0, 0.05) is 24.4 Å². The second kappa shape index (κ2) is 10.1. The summed E-state index contributed by atoms with van der Waals surface area (Å²) >= 11 is 1.27. The van der Waals surface area contributed by atoms with E-state index in [1.54, 1.807) is 6.92 Å². The number of anilines is 1. The number of carbonyl (C=O) groups excluding carboxylic acids is 1. The van der Waals surface area contributed by atoms with Gasteiger partial charge in [-0.2, -0.15) is 0 Å². The van der Waals surface area contributed by atoms with E-state index in [4.69, 9.17) is 4.74 Å². The van der Waals surface area contributed by atoms with E-state index in [9.17, 15) is 14.9 Å². The number of nitro benzene ring substituents is 1. The molecule has 0 saturated carbocycles. The van der Waals surface area contributed by atoms with Gasteiger partial charge in [0.1, 0.15) is 5.75 Å². The van der Waals surface area contributed by atoms with Crippen LogP contribution in [-0.4, -0.2) is 31.3 Å². The highest BCUT2D eigenvalue weighted by Gasteiger charge is 2.19. The lowest BCUT2D eigenvalue weighted by Crippen LogP contribution is -2.16. The van der Waals surface area contributed by atoms with Crippen LogP contribution in [0.25, 0.3) is 0 Å². The summed E-state index contributed by atoms with van der Waals surface area (Å²) in [4.78, 5) is 22.8. The molecule has 10 heteroatoms. The van der Waals surface area contributed by atoms with Gasteiger partial charge in [-0.25, -0.2) is 0 Å². The lowest BCUT2D eigenvalue weighted by Gasteiger charge is -2.15. The highest BCUT2D eigenvalue weighted by Crippen LogP contribution is 2.25. The molecule has 0 saturated heterocycles. The molecule has 0 aliphatic carbocycles. The normalized spacial score (nSPS) is 11.7. The van der Waals surface area contributed by atoms with Gasteiger partial charge < -0.3 is 14.6 Å². The van der Waals surface area contributed by atoms with Crippen LogP contribution in [0.1, 0.15) is 31.3 Å². The second-order valence-electron chi connectivity index (χ2n) is 6.75. The van der Waals surface area contributed by atoms with Gasteiger partial charge in [-0.3, -0.25) is 14.9 Å². The summed E-state index contributed by atoms with van der Waals surface area (Å²) in [5.41, 5.74) is 1.15. The number of non-ortho nitro benzene ring substituents is 1. The van der Waals surface area contributed by atoms with Crippen molar-refractivity contribution in [3.05, 3.63) is 70.0 Å². The Morgan fingerprint density at radius 3 is 2.65 bits per heavy atom. The third-order valence-electron chi connectivity index (χ3n) is 4.51. The Labute approximate surface area is 184 Å². The van der Waals surface area contributed by atoms with Gasteiger partial charge in [0.25, 0.3) is 5.69 Å². The van der Waals surface area contributed by atoms with E-state index >= 15 is 0 Å². The fourth-order valence-corrected chi connectivity index (χ4v) is 3.79. The molecule has 1 atom stereocenters. The van der Waals surface area contributed by atoms with E-state index < -0.39 is 4.92 Å². The Balaban J connectivity index is 1.62. The Bertz CT molecular complexity index is 1070. The van der Waals surface area contributed by atoms with Gasteiger partial charge in [-0.1, -0.05) is 30.0 Å². The molecule has 0 radical (unpaired) electrons. The van der Waals surface area contributed by atoms with Gasteiger partial charge in [0.05, 0.1) is 10.7 Å². The molecule has 1 amide bonds. The standard InChI is InChI=1S/C21H23N5O4S/c1-4-25-20(15(3)30-17-8-6-5-7-9-17)23-24-21(25)31-13-19(27)22-18-11-10-16(26(28)29)12-14(18)2/h5-12,15H,4,13H2,1-3H3,(H,22,27)/t15-/m1/s1. The van der Waals surface area contributed by atoms with Crippen LogP contribution in [0.5, 0.6) is 5.75 Å². The molecule has 0 fully saturated rings. The Hall–Kier alpha value is -3.40. The Morgan fingerprint density at radius 2 is 2.00 bits per heavy atom. The molecular weight excluding hydrogens is 418 g/mol. The van der Waals surface area contributed by atoms with Gasteiger partial charge in [-0.15, -0.1) is 10.2 Å². The van der Waals surface area contributed by atoms with Gasteiger partial charge in [-0.05, 0) is 44.5 Å². The molecule has 31 heavy (non-hydrogen) atoms. The van der Waals surface area contributed by atoms with Crippen LogP contribution in [0.2, 0.25) is 0 Å². The number of nitrogens with zero attached hydrogens (tertiary/aromatic N) is 4. The molecule has 3 aromatic rings. The van der Waals surface area contributed by atoms with Crippen LogP contribution in [0.4, 0.5) is 11.4 Å². The predicted octanol–water partition coefficient (Wildman–Crippen LogP) is 4.39. The first-order valence-electron chi connectivity index (χ1n) is 9.71. The summed E-state index contributed by atoms with van der Waals surface area (Å²) in [7, 11) is 0. The molecule has 1 N–H and O–H groups in total. The van der Waals surface area contributed by atoms with Crippen LogP contribution in [0, 0.1) is 17.0 Å². The van der Waals surface area contributed by atoms with Gasteiger partial charge in [0.15, 0.2) is 17.1 Å². The third-order valence-corrected chi connectivity index (χ3v) is 5.48. The molecule has 0 unspecified atom stereocenters. The molecule has 0 aliphatic rings. The summed E-state index contributed by atoms with van der Waals surface area (Å²) < 4.78 is 7.86. The highest BCUT2D eigenvalue weighted by atomic mass is 32.2. The maximum Gasteiger partial charge on any atom is 0.269 e. The van der Waals surface area contributed by atoms with Crippen molar-refractivity contribution in [3.63, 3.8) is 0 Å². The average Bonchev–Trinajstić information content (AvgIpc) is 3.17. The van der Waals surface area contributed by atoms with Gasteiger partial charge >= 0.3 is 0 Å². The quantitative estimate of drug-likeness (QED) is 0.298. The first-order chi connectivity index (χ1) is 14.9. The van der Waals surface area contributed by atoms with Gasteiger partial charge in [0.2, 0.25) is 5.91 Å². The van der Waals surface area contributed by atoms with E-state index in [1.807, 2.05) is 48.7 Å². The minimum Gasteiger partial charge on any atom is -0.483 e. The van der Waals surface area contributed by atoms with Crippen molar-refractivity contribution in [3.8, 4) is 5.75 Å². The van der Waals surface area contributed by atoms with Crippen molar-refractivity contribution in [2.75, 3.05) is 11.1 Å². The molecule has 3 rings (SSSR count). The van der Waals surface area contributed by atoms with Crippen molar-refractivity contribution >= 4 is 29.0 Å². The Morgan fingerprint density at radius 1 is 1.26 bits per heavy atom. The number of nitro groups is 1. The molecule has 0 spiro atoms. The number of benzene rings is 2. The van der Waals surface area contributed by atoms with Crippen molar-refractivity contribution in [2.45, 2.75) is 38.6 Å². The minimum absolute atomic E-state index is 0.0136. The molecule has 2 aromatic carbocycles. The smallest absolute Gasteiger partial charge is 0.269 e. The van der Waals surface area contributed by atoms with E-state index in [2.05, 4.69) is 15.5 Å². The maximum absolute atomic E-state index is 12.4. The number of aryl methyl sites for hydroxylation is 1. The summed E-state index contributed by atoms with van der Waals surface area (Å²) in [5, 5.41) is 22.7. The summed E-state index contributed by atoms with van der Waals surface area (Å²) in [6.07, 6.45) is -0.305. The van der Waals surface area contributed by atoms with E-state index in [1.165, 1.54) is 30.0 Å². The highest BCUT2D eigenvalue weighted by molar-refractivity contribution is 7.99. The summed E-state index contributed by atoms with van der Waals surface area (Å²) in [6.45, 7) is 6.23. The molecule has 1 heterocycles. The van der Waals surface area contributed by atoms with Crippen molar-refractivity contribution in [1.82, 2.24) is 14.8 Å². The zero-order valence-corrected chi connectivity index (χ0v) is 18.3. The number of thioether (sulfide) groups is 1. The van der Waals surface area contributed by atoms with Crippen LogP contribution in [0.3, 0.4) is 0 Å². The number of para-hydroxylation sites is 1. The summed E-state index contributed by atoms with van der Waals surface area (Å²) in [5.74, 6) is 1.32. The monoisotopic (exact) mass is 441 g/mol. The molecule has 0 aliphatic heterocycles. The van der Waals surface area contributed by atoms with E-state index in [0.29, 0.717) is 28.8 Å². The molecule has 0 bridgehead atoms. The lowest BCUT2D eigenvalue weighted by molar-refractivity contribution is -0.384. The number of nitrogens with one attached hydrogen (secondary N) is 1. The lowest BCUT2D eigenvalue weighted by atomic mass is 10.2. The number of rotatable bonds is 9. The van der Waals surface area contributed by atoms with E-state index in [0.717, 1.165) is 5.75 Å².